The van der Waals surface area contributed by atoms with Crippen LogP contribution in [0.4, 0.5) is 13.2 Å². The molecule has 0 aliphatic carbocycles. The number of rotatable bonds is 11. The number of carbonyl (C=O) groups excluding carboxylic acids is 1. The number of nitrogens with one attached hydrogen (secondary N) is 1. The summed E-state index contributed by atoms with van der Waals surface area (Å²) < 4.78 is 49.0. The summed E-state index contributed by atoms with van der Waals surface area (Å²) in [5.41, 5.74) is 1.58. The molecule has 1 fully saturated rings. The molecule has 0 unspecified atom stereocenters. The molecule has 2 aromatic rings. The first-order valence-corrected chi connectivity index (χ1v) is 11.9. The molecule has 0 aromatic heterocycles. The summed E-state index contributed by atoms with van der Waals surface area (Å²) in [6.45, 7) is 6.02. The molecule has 1 N–H and O–H groups in total. The molecular formula is C26H35F3N2O2. The Morgan fingerprint density at radius 2 is 1.64 bits per heavy atom. The molecular weight excluding hydrogens is 429 g/mol. The van der Waals surface area contributed by atoms with E-state index in [0.717, 1.165) is 17.9 Å². The molecule has 1 atom stereocenters. The molecule has 2 aromatic carbocycles. The van der Waals surface area contributed by atoms with Crippen LogP contribution in [0, 0.1) is 0 Å². The fourth-order valence-corrected chi connectivity index (χ4v) is 4.58. The van der Waals surface area contributed by atoms with Crippen LogP contribution in [-0.4, -0.2) is 29.2 Å². The molecule has 1 saturated heterocycles. The number of nitrogens with zero attached hydrogens (tertiary/aromatic N) is 1. The van der Waals surface area contributed by atoms with Crippen molar-refractivity contribution in [3.05, 3.63) is 42.0 Å². The SMILES string of the molecule is CCCCCCCCCOc1ccc([C@H](N2NC(=O)CC2(C)C)C(F)(F)F)c2ccccc12. The van der Waals surface area contributed by atoms with Gasteiger partial charge < -0.3 is 4.74 Å². The van der Waals surface area contributed by atoms with Crippen LogP contribution in [0.25, 0.3) is 10.8 Å². The normalized spacial score (nSPS) is 17.3. The van der Waals surface area contributed by atoms with E-state index in [4.69, 9.17) is 4.74 Å². The van der Waals surface area contributed by atoms with Gasteiger partial charge in [-0.3, -0.25) is 10.2 Å². The van der Waals surface area contributed by atoms with E-state index >= 15 is 0 Å². The third kappa shape index (κ3) is 6.19. The molecule has 0 bridgehead atoms. The molecule has 0 spiro atoms. The number of ether oxygens (including phenoxy) is 1. The molecule has 1 aliphatic heterocycles. The Bertz CT molecular complexity index is 943. The minimum atomic E-state index is -4.57. The van der Waals surface area contributed by atoms with E-state index in [0.29, 0.717) is 23.1 Å². The highest BCUT2D eigenvalue weighted by Crippen LogP contribution is 2.45. The van der Waals surface area contributed by atoms with Gasteiger partial charge in [-0.1, -0.05) is 75.8 Å². The van der Waals surface area contributed by atoms with Gasteiger partial charge in [0.15, 0.2) is 6.04 Å². The second kappa shape index (κ2) is 10.8. The summed E-state index contributed by atoms with van der Waals surface area (Å²) in [6.07, 6.45) is 3.60. The van der Waals surface area contributed by atoms with E-state index in [9.17, 15) is 18.0 Å². The number of hydrazine groups is 1. The fourth-order valence-electron chi connectivity index (χ4n) is 4.58. The third-order valence-electron chi connectivity index (χ3n) is 6.28. The van der Waals surface area contributed by atoms with Crippen molar-refractivity contribution >= 4 is 16.7 Å². The molecule has 3 rings (SSSR count). The number of fused-ring (bicyclic) bond motifs is 1. The molecule has 4 nitrogen and oxygen atoms in total. The maximum atomic E-state index is 14.3. The lowest BCUT2D eigenvalue weighted by Gasteiger charge is -2.38. The Morgan fingerprint density at radius 1 is 1.00 bits per heavy atom. The summed E-state index contributed by atoms with van der Waals surface area (Å²) in [5, 5.41) is 2.18. The van der Waals surface area contributed by atoms with Gasteiger partial charge in [-0.05, 0) is 37.3 Å². The summed E-state index contributed by atoms with van der Waals surface area (Å²) in [5.74, 6) is 0.180. The predicted molar refractivity (Wildman–Crippen MR) is 125 cm³/mol. The second-order valence-corrected chi connectivity index (χ2v) is 9.51. The summed E-state index contributed by atoms with van der Waals surface area (Å²) >= 11 is 0. The maximum absolute atomic E-state index is 14.3. The van der Waals surface area contributed by atoms with Gasteiger partial charge in [-0.25, -0.2) is 0 Å². The van der Waals surface area contributed by atoms with Crippen molar-refractivity contribution in [1.29, 1.82) is 0 Å². The standard InChI is InChI=1S/C26H35F3N2O2/c1-4-5-6-7-8-9-12-17-33-22-16-15-21(19-13-10-11-14-20(19)22)24(26(27,28)29)31-25(2,3)18-23(32)30-31/h10-11,13-16,24H,4-9,12,17-18H2,1-3H3,(H,30,32)/t24-/m0/s1. The van der Waals surface area contributed by atoms with Gasteiger partial charge in [0, 0.05) is 17.3 Å². The molecule has 182 valence electrons. The number of benzene rings is 2. The highest BCUT2D eigenvalue weighted by atomic mass is 19.4. The average Bonchev–Trinajstić information content (AvgIpc) is 3.01. The zero-order valence-corrected chi connectivity index (χ0v) is 19.8. The first-order valence-electron chi connectivity index (χ1n) is 11.9. The first-order chi connectivity index (χ1) is 15.6. The zero-order chi connectivity index (χ0) is 24.1. The largest absolute Gasteiger partial charge is 0.493 e. The van der Waals surface area contributed by atoms with Gasteiger partial charge in [0.1, 0.15) is 5.75 Å². The van der Waals surface area contributed by atoms with Crippen LogP contribution in [0.5, 0.6) is 5.75 Å². The zero-order valence-electron chi connectivity index (χ0n) is 19.8. The lowest BCUT2D eigenvalue weighted by atomic mass is 9.93. The number of unbranched alkanes of at least 4 members (excludes halogenated alkanes) is 6. The van der Waals surface area contributed by atoms with Crippen LogP contribution in [0.1, 0.15) is 83.7 Å². The molecule has 1 amide bonds. The van der Waals surface area contributed by atoms with Crippen LogP contribution < -0.4 is 10.2 Å². The number of hydrogen-bond acceptors (Lipinski definition) is 3. The van der Waals surface area contributed by atoms with Crippen molar-refractivity contribution in [2.75, 3.05) is 6.61 Å². The molecule has 0 radical (unpaired) electrons. The van der Waals surface area contributed by atoms with E-state index in [1.807, 2.05) is 0 Å². The van der Waals surface area contributed by atoms with Gasteiger partial charge in [0.25, 0.3) is 0 Å². The van der Waals surface area contributed by atoms with Crippen molar-refractivity contribution in [2.45, 2.75) is 89.9 Å². The Kier molecular flexibility index (Phi) is 8.27. The molecule has 33 heavy (non-hydrogen) atoms. The van der Waals surface area contributed by atoms with Crippen LogP contribution in [0.3, 0.4) is 0 Å². The van der Waals surface area contributed by atoms with Crippen molar-refractivity contribution in [1.82, 2.24) is 10.4 Å². The Morgan fingerprint density at radius 3 is 2.24 bits per heavy atom. The Labute approximate surface area is 194 Å². The van der Waals surface area contributed by atoms with Crippen LogP contribution in [0.2, 0.25) is 0 Å². The minimum absolute atomic E-state index is 0.0111. The van der Waals surface area contributed by atoms with Crippen LogP contribution in [0.15, 0.2) is 36.4 Å². The highest BCUT2D eigenvalue weighted by Gasteiger charge is 2.53. The first kappa shape index (κ1) is 25.3. The summed E-state index contributed by atoms with van der Waals surface area (Å²) in [7, 11) is 0. The van der Waals surface area contributed by atoms with Crippen molar-refractivity contribution in [2.24, 2.45) is 0 Å². The highest BCUT2D eigenvalue weighted by molar-refractivity contribution is 5.91. The fraction of sp³-hybridized carbons (Fsp3) is 0.577. The van der Waals surface area contributed by atoms with Crippen LogP contribution >= 0.6 is 0 Å². The van der Waals surface area contributed by atoms with Crippen molar-refractivity contribution < 1.29 is 22.7 Å². The number of amides is 1. The van der Waals surface area contributed by atoms with E-state index in [1.54, 1.807) is 44.2 Å². The monoisotopic (exact) mass is 464 g/mol. The Balaban J connectivity index is 1.81. The number of halogens is 3. The minimum Gasteiger partial charge on any atom is -0.493 e. The predicted octanol–water partition coefficient (Wildman–Crippen LogP) is 7.09. The smallest absolute Gasteiger partial charge is 0.409 e. The van der Waals surface area contributed by atoms with Gasteiger partial charge >= 0.3 is 6.18 Å². The number of hydrogen-bond donors (Lipinski definition) is 1. The number of alkyl halides is 3. The lowest BCUT2D eigenvalue weighted by molar-refractivity contribution is -0.203. The molecule has 0 saturated carbocycles. The van der Waals surface area contributed by atoms with Gasteiger partial charge in [0.2, 0.25) is 5.91 Å². The van der Waals surface area contributed by atoms with E-state index in [2.05, 4.69) is 12.3 Å². The van der Waals surface area contributed by atoms with Crippen LogP contribution in [-0.2, 0) is 4.79 Å². The third-order valence-corrected chi connectivity index (χ3v) is 6.28. The molecule has 1 aliphatic rings. The van der Waals surface area contributed by atoms with E-state index in [-0.39, 0.29) is 12.0 Å². The quantitative estimate of drug-likeness (QED) is 0.361. The second-order valence-electron chi connectivity index (χ2n) is 9.51. The lowest BCUT2D eigenvalue weighted by Crippen LogP contribution is -2.51. The number of carbonyl (C=O) groups is 1. The van der Waals surface area contributed by atoms with Gasteiger partial charge in [-0.15, -0.1) is 0 Å². The van der Waals surface area contributed by atoms with Gasteiger partial charge in [0.05, 0.1) is 6.61 Å². The van der Waals surface area contributed by atoms with E-state index < -0.39 is 23.7 Å². The average molecular weight is 465 g/mol. The maximum Gasteiger partial charge on any atom is 0.409 e. The molecule has 1 heterocycles. The Hall–Kier alpha value is -2.28. The summed E-state index contributed by atoms with van der Waals surface area (Å²) in [4.78, 5) is 12.0. The van der Waals surface area contributed by atoms with Crippen molar-refractivity contribution in [3.8, 4) is 5.75 Å². The van der Waals surface area contributed by atoms with Gasteiger partial charge in [-0.2, -0.15) is 18.2 Å². The topological polar surface area (TPSA) is 41.6 Å². The van der Waals surface area contributed by atoms with Crippen molar-refractivity contribution in [3.63, 3.8) is 0 Å². The molecule has 7 heteroatoms. The van der Waals surface area contributed by atoms with E-state index in [1.165, 1.54) is 38.2 Å². The summed E-state index contributed by atoms with van der Waals surface area (Å²) in [6, 6.07) is 8.17.